The van der Waals surface area contributed by atoms with Crippen molar-refractivity contribution in [1.82, 2.24) is 0 Å². The highest BCUT2D eigenvalue weighted by molar-refractivity contribution is 5.29. The van der Waals surface area contributed by atoms with E-state index in [1.54, 1.807) is 7.11 Å². The van der Waals surface area contributed by atoms with Crippen molar-refractivity contribution < 1.29 is 19.2 Å². The first-order chi connectivity index (χ1) is 13.2. The first-order valence-corrected chi connectivity index (χ1v) is 10.9. The first kappa shape index (κ1) is 16.8. The Labute approximate surface area is 161 Å². The fraction of sp³-hybridized carbons (Fsp3) is 0.739. The second kappa shape index (κ2) is 5.95. The molecule has 4 nitrogen and oxygen atoms in total. The fourth-order valence-electron chi connectivity index (χ4n) is 7.06. The second-order valence-electron chi connectivity index (χ2n) is 9.75. The topological polar surface area (TPSA) is 36.9 Å². The predicted octanol–water partition coefficient (Wildman–Crippen LogP) is 5.18. The van der Waals surface area contributed by atoms with Crippen LogP contribution in [0.25, 0.3) is 0 Å². The Bertz CT molecular complexity index is 676. The largest absolute Gasteiger partial charge is 0.497 e. The van der Waals surface area contributed by atoms with Gasteiger partial charge >= 0.3 is 0 Å². The van der Waals surface area contributed by atoms with Crippen LogP contribution in [0.15, 0.2) is 24.3 Å². The average molecular weight is 370 g/mol. The predicted molar refractivity (Wildman–Crippen MR) is 100.0 cm³/mol. The molecule has 0 unspecified atom stereocenters. The van der Waals surface area contributed by atoms with Crippen molar-refractivity contribution in [2.75, 3.05) is 7.11 Å². The zero-order valence-electron chi connectivity index (χ0n) is 16.2. The summed E-state index contributed by atoms with van der Waals surface area (Å²) >= 11 is 0. The molecule has 0 aromatic heterocycles. The molecule has 7 rings (SSSR count). The highest BCUT2D eigenvalue weighted by atomic mass is 17.3. The minimum atomic E-state index is -0.502. The molecule has 146 valence electrons. The number of ether oxygens (including phenoxy) is 2. The van der Waals surface area contributed by atoms with Crippen LogP contribution in [-0.2, 0) is 14.5 Å². The first-order valence-electron chi connectivity index (χ1n) is 10.9. The highest BCUT2D eigenvalue weighted by Gasteiger charge is 2.66. The lowest BCUT2D eigenvalue weighted by molar-refractivity contribution is -0.390. The van der Waals surface area contributed by atoms with E-state index < -0.39 is 11.6 Å². The maximum absolute atomic E-state index is 6.81. The van der Waals surface area contributed by atoms with E-state index in [1.165, 1.54) is 37.7 Å². The van der Waals surface area contributed by atoms with Crippen molar-refractivity contribution in [3.63, 3.8) is 0 Å². The monoisotopic (exact) mass is 370 g/mol. The van der Waals surface area contributed by atoms with Crippen LogP contribution in [0.2, 0.25) is 0 Å². The van der Waals surface area contributed by atoms with Crippen molar-refractivity contribution in [2.45, 2.75) is 75.3 Å². The molecular weight excluding hydrogens is 340 g/mol. The van der Waals surface area contributed by atoms with Gasteiger partial charge in [-0.15, -0.1) is 0 Å². The van der Waals surface area contributed by atoms with Crippen molar-refractivity contribution >= 4 is 0 Å². The van der Waals surface area contributed by atoms with Gasteiger partial charge in [0.15, 0.2) is 0 Å². The van der Waals surface area contributed by atoms with Gasteiger partial charge < -0.3 is 9.47 Å². The third-order valence-electron chi connectivity index (χ3n) is 8.28. The Morgan fingerprint density at radius 3 is 2.07 bits per heavy atom. The molecule has 0 N–H and O–H groups in total. The van der Waals surface area contributed by atoms with Gasteiger partial charge in [0.2, 0.25) is 11.6 Å². The van der Waals surface area contributed by atoms with Crippen molar-refractivity contribution in [1.29, 1.82) is 0 Å². The van der Waals surface area contributed by atoms with Crippen LogP contribution in [0.3, 0.4) is 0 Å². The number of hydrogen-bond acceptors (Lipinski definition) is 4. The lowest BCUT2D eigenvalue weighted by atomic mass is 9.53. The molecule has 6 aliphatic rings. The Kier molecular flexibility index (Phi) is 3.71. The second-order valence-corrected chi connectivity index (χ2v) is 9.75. The van der Waals surface area contributed by atoms with Gasteiger partial charge in [0.05, 0.1) is 7.11 Å². The zero-order valence-corrected chi connectivity index (χ0v) is 16.2. The molecule has 5 saturated carbocycles. The van der Waals surface area contributed by atoms with Gasteiger partial charge in [-0.1, -0.05) is 12.1 Å². The molecular formula is C23H30O4. The Hall–Kier alpha value is -1.10. The normalized spacial score (nSPS) is 47.8. The minimum Gasteiger partial charge on any atom is -0.497 e. The van der Waals surface area contributed by atoms with Gasteiger partial charge in [-0.05, 0) is 80.4 Å². The lowest BCUT2D eigenvalue weighted by Gasteiger charge is -2.57. The standard InChI is InChI=1S/C23H30O4/c1-24-21-4-2-17(3-5-21)18-6-8-22(9-7-18)25-23(27-26-22)19-11-15-10-16(13-19)14-20(23)12-15/h2-5,15-16,18-20H,6-14H2,1H3. The molecule has 1 aromatic rings. The Morgan fingerprint density at radius 1 is 0.852 bits per heavy atom. The van der Waals surface area contributed by atoms with E-state index in [-0.39, 0.29) is 0 Å². The van der Waals surface area contributed by atoms with E-state index in [4.69, 9.17) is 19.2 Å². The smallest absolute Gasteiger partial charge is 0.210 e. The zero-order chi connectivity index (χ0) is 18.1. The van der Waals surface area contributed by atoms with Crippen LogP contribution in [-0.4, -0.2) is 18.7 Å². The Balaban J connectivity index is 1.16. The third-order valence-corrected chi connectivity index (χ3v) is 8.28. The third kappa shape index (κ3) is 2.53. The molecule has 1 aromatic carbocycles. The summed E-state index contributed by atoms with van der Waals surface area (Å²) in [7, 11) is 1.72. The van der Waals surface area contributed by atoms with E-state index in [1.807, 2.05) is 0 Å². The van der Waals surface area contributed by atoms with Crippen LogP contribution >= 0.6 is 0 Å². The summed E-state index contributed by atoms with van der Waals surface area (Å²) in [6, 6.07) is 8.53. The maximum Gasteiger partial charge on any atom is 0.210 e. The van der Waals surface area contributed by atoms with E-state index >= 15 is 0 Å². The van der Waals surface area contributed by atoms with Gasteiger partial charge in [0, 0.05) is 24.7 Å². The van der Waals surface area contributed by atoms with E-state index in [9.17, 15) is 0 Å². The number of hydrogen-bond donors (Lipinski definition) is 0. The fourth-order valence-corrected chi connectivity index (χ4v) is 7.06. The van der Waals surface area contributed by atoms with Crippen LogP contribution in [0.5, 0.6) is 5.75 Å². The molecule has 1 heterocycles. The summed E-state index contributed by atoms with van der Waals surface area (Å²) in [5.74, 6) is 3.48. The maximum atomic E-state index is 6.81. The molecule has 4 heteroatoms. The summed E-state index contributed by atoms with van der Waals surface area (Å²) in [4.78, 5) is 12.2. The van der Waals surface area contributed by atoms with Crippen molar-refractivity contribution in [3.8, 4) is 5.75 Å². The molecule has 1 aliphatic heterocycles. The number of rotatable bonds is 2. The number of methoxy groups -OCH3 is 1. The summed E-state index contributed by atoms with van der Waals surface area (Å²) in [6.07, 6.45) is 10.6. The SMILES string of the molecule is COc1ccc(C2CCC3(CC2)OOC2(O3)C3CC4CC(C3)CC2C4)cc1. The summed E-state index contributed by atoms with van der Waals surface area (Å²) in [5, 5.41) is 0. The summed E-state index contributed by atoms with van der Waals surface area (Å²) in [6.45, 7) is 0. The van der Waals surface area contributed by atoms with Crippen molar-refractivity contribution in [3.05, 3.63) is 29.8 Å². The highest BCUT2D eigenvalue weighted by Crippen LogP contribution is 2.64. The lowest BCUT2D eigenvalue weighted by Crippen LogP contribution is -2.59. The molecule has 6 fully saturated rings. The molecule has 0 radical (unpaired) electrons. The van der Waals surface area contributed by atoms with E-state index in [0.29, 0.717) is 17.8 Å². The van der Waals surface area contributed by atoms with Gasteiger partial charge in [-0.25, -0.2) is 0 Å². The molecule has 0 atom stereocenters. The van der Waals surface area contributed by atoms with Crippen LogP contribution in [0, 0.1) is 23.7 Å². The van der Waals surface area contributed by atoms with Gasteiger partial charge in [-0.3, -0.25) is 0 Å². The molecule has 27 heavy (non-hydrogen) atoms. The van der Waals surface area contributed by atoms with Gasteiger partial charge in [-0.2, -0.15) is 9.78 Å². The van der Waals surface area contributed by atoms with Gasteiger partial charge in [0.25, 0.3) is 0 Å². The average Bonchev–Trinajstić information content (AvgIpc) is 3.07. The minimum absolute atomic E-state index is 0.430. The van der Waals surface area contributed by atoms with Gasteiger partial charge in [0.1, 0.15) is 5.75 Å². The van der Waals surface area contributed by atoms with Crippen LogP contribution in [0.1, 0.15) is 69.3 Å². The van der Waals surface area contributed by atoms with Crippen LogP contribution in [0.4, 0.5) is 0 Å². The Morgan fingerprint density at radius 2 is 1.48 bits per heavy atom. The van der Waals surface area contributed by atoms with E-state index in [2.05, 4.69) is 24.3 Å². The molecule has 1 saturated heterocycles. The van der Waals surface area contributed by atoms with E-state index in [0.717, 1.165) is 43.3 Å². The van der Waals surface area contributed by atoms with Crippen molar-refractivity contribution in [2.24, 2.45) is 23.7 Å². The summed E-state index contributed by atoms with van der Waals surface area (Å²) < 4.78 is 12.1. The molecule has 4 bridgehead atoms. The number of benzene rings is 1. The van der Waals surface area contributed by atoms with Crippen LogP contribution < -0.4 is 4.74 Å². The molecule has 5 aliphatic carbocycles. The quantitative estimate of drug-likeness (QED) is 0.672. The molecule has 0 amide bonds. The summed E-state index contributed by atoms with van der Waals surface area (Å²) in [5.41, 5.74) is 1.40. The molecule has 2 spiro atoms.